The standard InChI is InChI=1S/C31H18N4/c1-2-6-19-17(5-1)15-18-9-10-20-21-11-12-26-29(25(21)16-24(20)27(18)19)35-30-22(7-4-14-33-30)28-23(31(35)34-26)8-3-13-32-28/h1-14H,15-16H2. The number of hydrogen-bond donors (Lipinski definition) is 0. The van der Waals surface area contributed by atoms with Crippen LogP contribution >= 0.6 is 0 Å². The highest BCUT2D eigenvalue weighted by atomic mass is 15.1. The van der Waals surface area contributed by atoms with E-state index in [-0.39, 0.29) is 0 Å². The van der Waals surface area contributed by atoms with Crippen LogP contribution in [0.25, 0.3) is 60.9 Å². The zero-order valence-corrected chi connectivity index (χ0v) is 18.8. The third-order valence-corrected chi connectivity index (χ3v) is 7.94. The number of benzene rings is 3. The Hall–Kier alpha value is -4.57. The van der Waals surface area contributed by atoms with Gasteiger partial charge in [0, 0.05) is 29.6 Å². The molecule has 0 bridgehead atoms. The monoisotopic (exact) mass is 446 g/mol. The number of aromatic nitrogens is 4. The van der Waals surface area contributed by atoms with Crippen LogP contribution in [0.2, 0.25) is 0 Å². The molecule has 0 amide bonds. The maximum atomic E-state index is 5.13. The molecule has 0 unspecified atom stereocenters. The van der Waals surface area contributed by atoms with Gasteiger partial charge in [-0.3, -0.25) is 9.38 Å². The molecule has 4 heterocycles. The number of nitrogens with zero attached hydrogens (tertiary/aromatic N) is 4. The predicted octanol–water partition coefficient (Wildman–Crippen LogP) is 6.73. The van der Waals surface area contributed by atoms with Crippen molar-refractivity contribution in [1.29, 1.82) is 0 Å². The van der Waals surface area contributed by atoms with Gasteiger partial charge in [0.1, 0.15) is 11.3 Å². The van der Waals surface area contributed by atoms with Gasteiger partial charge >= 0.3 is 0 Å². The summed E-state index contributed by atoms with van der Waals surface area (Å²) < 4.78 is 2.27. The van der Waals surface area contributed by atoms with Crippen LogP contribution in [0.1, 0.15) is 22.3 Å². The van der Waals surface area contributed by atoms with Gasteiger partial charge < -0.3 is 0 Å². The van der Waals surface area contributed by atoms with Gasteiger partial charge in [0.15, 0.2) is 0 Å². The van der Waals surface area contributed by atoms with Crippen LogP contribution in [0.4, 0.5) is 0 Å². The Balaban J connectivity index is 1.42. The summed E-state index contributed by atoms with van der Waals surface area (Å²) in [7, 11) is 0. The van der Waals surface area contributed by atoms with E-state index in [1.54, 1.807) is 0 Å². The summed E-state index contributed by atoms with van der Waals surface area (Å²) in [5.74, 6) is 0. The molecule has 4 heteroatoms. The van der Waals surface area contributed by atoms with Crippen molar-refractivity contribution in [2.75, 3.05) is 0 Å². The molecule has 0 atom stereocenters. The first-order valence-electron chi connectivity index (χ1n) is 12.1. The van der Waals surface area contributed by atoms with Crippen molar-refractivity contribution in [2.24, 2.45) is 0 Å². The molecule has 0 saturated heterocycles. The largest absolute Gasteiger partial charge is 0.275 e. The Morgan fingerprint density at radius 3 is 2.34 bits per heavy atom. The van der Waals surface area contributed by atoms with Crippen molar-refractivity contribution in [3.63, 3.8) is 0 Å². The van der Waals surface area contributed by atoms with Crippen molar-refractivity contribution < 1.29 is 0 Å². The maximum absolute atomic E-state index is 5.13. The lowest BCUT2D eigenvalue weighted by Gasteiger charge is -2.09. The summed E-state index contributed by atoms with van der Waals surface area (Å²) in [5, 5.41) is 2.11. The zero-order valence-electron chi connectivity index (χ0n) is 18.8. The molecule has 0 radical (unpaired) electrons. The van der Waals surface area contributed by atoms with E-state index < -0.39 is 0 Å². The van der Waals surface area contributed by atoms with Gasteiger partial charge in [0.2, 0.25) is 0 Å². The van der Waals surface area contributed by atoms with Crippen LogP contribution in [0.15, 0.2) is 85.2 Å². The van der Waals surface area contributed by atoms with Crippen LogP contribution in [0, 0.1) is 0 Å². The zero-order chi connectivity index (χ0) is 22.7. The van der Waals surface area contributed by atoms with E-state index in [1.165, 1.54) is 50.0 Å². The molecule has 0 fully saturated rings. The lowest BCUT2D eigenvalue weighted by atomic mass is 9.95. The van der Waals surface area contributed by atoms with E-state index in [0.717, 1.165) is 45.9 Å². The second-order valence-electron chi connectivity index (χ2n) is 9.64. The van der Waals surface area contributed by atoms with E-state index in [2.05, 4.69) is 65.1 Å². The van der Waals surface area contributed by atoms with Crippen LogP contribution < -0.4 is 0 Å². The van der Waals surface area contributed by atoms with Crippen molar-refractivity contribution >= 4 is 38.6 Å². The highest BCUT2D eigenvalue weighted by Gasteiger charge is 2.30. The van der Waals surface area contributed by atoms with E-state index in [0.29, 0.717) is 0 Å². The summed E-state index contributed by atoms with van der Waals surface area (Å²) in [4.78, 5) is 14.7. The molecule has 0 saturated carbocycles. The van der Waals surface area contributed by atoms with Crippen LogP contribution in [0.3, 0.4) is 0 Å². The van der Waals surface area contributed by atoms with Gasteiger partial charge in [-0.2, -0.15) is 0 Å². The number of pyridine rings is 3. The third kappa shape index (κ3) is 2.11. The molecular formula is C31H18N4. The summed E-state index contributed by atoms with van der Waals surface area (Å²) in [6.45, 7) is 0. The van der Waals surface area contributed by atoms with Gasteiger partial charge in [0.25, 0.3) is 0 Å². The molecule has 35 heavy (non-hydrogen) atoms. The van der Waals surface area contributed by atoms with Crippen molar-refractivity contribution in [3.05, 3.63) is 107 Å². The quantitative estimate of drug-likeness (QED) is 0.243. The molecule has 4 aromatic heterocycles. The maximum Gasteiger partial charge on any atom is 0.149 e. The summed E-state index contributed by atoms with van der Waals surface area (Å²) in [6.07, 6.45) is 5.64. The van der Waals surface area contributed by atoms with Crippen LogP contribution in [-0.2, 0) is 12.8 Å². The van der Waals surface area contributed by atoms with Gasteiger partial charge in [-0.05, 0) is 81.3 Å². The predicted molar refractivity (Wildman–Crippen MR) is 140 cm³/mol. The minimum Gasteiger partial charge on any atom is -0.275 e. The molecule has 0 N–H and O–H groups in total. The molecular weight excluding hydrogens is 428 g/mol. The van der Waals surface area contributed by atoms with Gasteiger partial charge in [0.05, 0.1) is 16.6 Å². The minimum atomic E-state index is 0.909. The van der Waals surface area contributed by atoms with E-state index in [4.69, 9.17) is 15.0 Å². The molecule has 162 valence electrons. The molecule has 9 rings (SSSR count). The minimum absolute atomic E-state index is 0.909. The Morgan fingerprint density at radius 1 is 0.600 bits per heavy atom. The first kappa shape index (κ1) is 17.8. The van der Waals surface area contributed by atoms with Crippen molar-refractivity contribution in [2.45, 2.75) is 12.8 Å². The average molecular weight is 447 g/mol. The fourth-order valence-corrected chi connectivity index (χ4v) is 6.53. The van der Waals surface area contributed by atoms with E-state index >= 15 is 0 Å². The average Bonchev–Trinajstić information content (AvgIpc) is 3.59. The molecule has 3 aromatic carbocycles. The normalized spacial score (nSPS) is 13.5. The highest BCUT2D eigenvalue weighted by molar-refractivity contribution is 6.11. The summed E-state index contributed by atoms with van der Waals surface area (Å²) in [5.41, 5.74) is 16.1. The fourth-order valence-electron chi connectivity index (χ4n) is 6.53. The third-order valence-electron chi connectivity index (χ3n) is 7.94. The number of imidazole rings is 1. The summed E-state index contributed by atoms with van der Waals surface area (Å²) in [6, 6.07) is 26.2. The van der Waals surface area contributed by atoms with Gasteiger partial charge in [-0.15, -0.1) is 0 Å². The van der Waals surface area contributed by atoms with Crippen LogP contribution in [0.5, 0.6) is 0 Å². The highest BCUT2D eigenvalue weighted by Crippen LogP contribution is 2.49. The second kappa shape index (κ2) is 6.10. The number of rotatable bonds is 0. The van der Waals surface area contributed by atoms with Crippen molar-refractivity contribution in [3.8, 4) is 22.3 Å². The first-order valence-corrected chi connectivity index (χ1v) is 12.1. The van der Waals surface area contributed by atoms with Crippen LogP contribution in [-0.4, -0.2) is 19.4 Å². The Labute approximate surface area is 200 Å². The van der Waals surface area contributed by atoms with Crippen molar-refractivity contribution in [1.82, 2.24) is 19.4 Å². The number of fused-ring (bicyclic) bond motifs is 16. The Morgan fingerprint density at radius 2 is 1.40 bits per heavy atom. The SMILES string of the molecule is c1ccc2c(c1)Cc1ccc3c(c1-2)Cc1c-3ccc2nc3c4cccnc4c4cccnc4n3c12. The Bertz CT molecular complexity index is 2070. The molecule has 4 nitrogen and oxygen atoms in total. The van der Waals surface area contributed by atoms with E-state index in [1.807, 2.05) is 24.5 Å². The van der Waals surface area contributed by atoms with Gasteiger partial charge in [-0.25, -0.2) is 9.97 Å². The smallest absolute Gasteiger partial charge is 0.149 e. The molecule has 0 aliphatic heterocycles. The lowest BCUT2D eigenvalue weighted by Crippen LogP contribution is -1.96. The number of hydrogen-bond acceptors (Lipinski definition) is 3. The summed E-state index contributed by atoms with van der Waals surface area (Å²) >= 11 is 0. The topological polar surface area (TPSA) is 43.1 Å². The molecule has 0 spiro atoms. The molecule has 2 aliphatic carbocycles. The Kier molecular flexibility index (Phi) is 3.11. The van der Waals surface area contributed by atoms with E-state index in [9.17, 15) is 0 Å². The molecule has 2 aliphatic rings. The molecule has 7 aromatic rings. The first-order chi connectivity index (χ1) is 17.4. The van der Waals surface area contributed by atoms with Gasteiger partial charge in [-0.1, -0.05) is 42.5 Å². The lowest BCUT2D eigenvalue weighted by molar-refractivity contribution is 1.20. The fraction of sp³-hybridized carbons (Fsp3) is 0.0645. The second-order valence-corrected chi connectivity index (χ2v) is 9.64.